The monoisotopic (exact) mass is 266 g/mol. The van der Waals surface area contributed by atoms with E-state index in [-0.39, 0.29) is 11.7 Å². The smallest absolute Gasteiger partial charge is 0.237 e. The second-order valence-corrected chi connectivity index (χ2v) is 4.82. The third-order valence-corrected chi connectivity index (χ3v) is 3.45. The number of ketones is 1. The Morgan fingerprint density at radius 1 is 1.15 bits per heavy atom. The molecular formula is C16H14N2O2. The maximum Gasteiger partial charge on any atom is 0.237 e. The van der Waals surface area contributed by atoms with Gasteiger partial charge in [-0.15, -0.1) is 0 Å². The van der Waals surface area contributed by atoms with Crippen LogP contribution < -0.4 is 0 Å². The molecule has 1 heterocycles. The zero-order valence-electron chi connectivity index (χ0n) is 11.3. The van der Waals surface area contributed by atoms with Crippen molar-refractivity contribution in [2.75, 3.05) is 0 Å². The topological polar surface area (TPSA) is 56.0 Å². The lowest BCUT2D eigenvalue weighted by atomic mass is 10.0. The van der Waals surface area contributed by atoms with E-state index in [1.165, 1.54) is 6.92 Å². The molecular weight excluding hydrogens is 252 g/mol. The lowest BCUT2D eigenvalue weighted by Gasteiger charge is -2.02. The van der Waals surface area contributed by atoms with E-state index in [0.717, 1.165) is 16.3 Å². The predicted octanol–water partition coefficient (Wildman–Crippen LogP) is 3.58. The number of benzene rings is 2. The molecule has 0 radical (unpaired) electrons. The van der Waals surface area contributed by atoms with E-state index in [4.69, 9.17) is 4.52 Å². The van der Waals surface area contributed by atoms with Gasteiger partial charge in [0.05, 0.1) is 5.92 Å². The van der Waals surface area contributed by atoms with Crippen LogP contribution in [0.1, 0.15) is 25.7 Å². The Labute approximate surface area is 116 Å². The van der Waals surface area contributed by atoms with Crippen molar-refractivity contribution in [3.8, 4) is 11.4 Å². The van der Waals surface area contributed by atoms with Crippen LogP contribution in [-0.4, -0.2) is 15.9 Å². The summed E-state index contributed by atoms with van der Waals surface area (Å²) in [6, 6.07) is 14.0. The summed E-state index contributed by atoms with van der Waals surface area (Å²) in [4.78, 5) is 15.7. The quantitative estimate of drug-likeness (QED) is 0.727. The van der Waals surface area contributed by atoms with Crippen LogP contribution in [0.15, 0.2) is 47.0 Å². The molecule has 0 aliphatic rings. The number of fused-ring (bicyclic) bond motifs is 1. The van der Waals surface area contributed by atoms with Crippen LogP contribution in [0.3, 0.4) is 0 Å². The van der Waals surface area contributed by atoms with Gasteiger partial charge in [0.2, 0.25) is 11.7 Å². The molecule has 0 fully saturated rings. The normalized spacial score (nSPS) is 12.5. The molecule has 4 heteroatoms. The number of Topliss-reactive ketones (excluding diaryl/α,β-unsaturated/α-hetero) is 1. The van der Waals surface area contributed by atoms with Gasteiger partial charge in [0.15, 0.2) is 0 Å². The zero-order valence-corrected chi connectivity index (χ0v) is 11.3. The number of carbonyl (C=O) groups is 1. The van der Waals surface area contributed by atoms with Crippen LogP contribution in [0.4, 0.5) is 0 Å². The molecule has 0 amide bonds. The van der Waals surface area contributed by atoms with E-state index < -0.39 is 0 Å². The highest BCUT2D eigenvalue weighted by atomic mass is 16.5. The Morgan fingerprint density at radius 2 is 1.90 bits per heavy atom. The van der Waals surface area contributed by atoms with Gasteiger partial charge in [-0.05, 0) is 24.6 Å². The number of carbonyl (C=O) groups excluding carboxylic acids is 1. The fourth-order valence-corrected chi connectivity index (χ4v) is 2.11. The first-order chi connectivity index (χ1) is 9.66. The van der Waals surface area contributed by atoms with Crippen LogP contribution in [0.2, 0.25) is 0 Å². The van der Waals surface area contributed by atoms with E-state index in [9.17, 15) is 4.79 Å². The van der Waals surface area contributed by atoms with E-state index in [1.807, 2.05) is 42.5 Å². The van der Waals surface area contributed by atoms with Gasteiger partial charge in [-0.1, -0.05) is 47.6 Å². The first kappa shape index (κ1) is 12.5. The molecule has 4 nitrogen and oxygen atoms in total. The standard InChI is InChI=1S/C16H14N2O2/c1-10(11(2)19)16-17-15(18-20-16)14-9-5-7-12-6-3-4-8-13(12)14/h3-10H,1-2H3. The molecule has 3 rings (SSSR count). The summed E-state index contributed by atoms with van der Waals surface area (Å²) in [5, 5.41) is 6.19. The van der Waals surface area contributed by atoms with Crippen LogP contribution in [0, 0.1) is 0 Å². The summed E-state index contributed by atoms with van der Waals surface area (Å²) in [7, 11) is 0. The average Bonchev–Trinajstić information content (AvgIpc) is 2.95. The average molecular weight is 266 g/mol. The SMILES string of the molecule is CC(=O)C(C)c1nc(-c2cccc3ccccc23)no1. The third kappa shape index (κ3) is 2.09. The summed E-state index contributed by atoms with van der Waals surface area (Å²) in [5.74, 6) is 0.523. The molecule has 0 aliphatic heterocycles. The van der Waals surface area contributed by atoms with Crippen molar-refractivity contribution >= 4 is 16.6 Å². The summed E-state index contributed by atoms with van der Waals surface area (Å²) in [6.45, 7) is 3.29. The Kier molecular flexibility index (Phi) is 3.06. The van der Waals surface area contributed by atoms with Gasteiger partial charge in [0, 0.05) is 5.56 Å². The van der Waals surface area contributed by atoms with Gasteiger partial charge in [0.1, 0.15) is 5.78 Å². The molecule has 0 aliphatic carbocycles. The van der Waals surface area contributed by atoms with Crippen LogP contribution in [0.5, 0.6) is 0 Å². The van der Waals surface area contributed by atoms with Gasteiger partial charge in [-0.2, -0.15) is 4.98 Å². The fraction of sp³-hybridized carbons (Fsp3) is 0.188. The number of nitrogens with zero attached hydrogens (tertiary/aromatic N) is 2. The minimum Gasteiger partial charge on any atom is -0.338 e. The van der Waals surface area contributed by atoms with Crippen molar-refractivity contribution in [3.63, 3.8) is 0 Å². The lowest BCUT2D eigenvalue weighted by molar-refractivity contribution is -0.118. The first-order valence-electron chi connectivity index (χ1n) is 6.49. The molecule has 0 saturated carbocycles. The molecule has 2 aromatic carbocycles. The van der Waals surface area contributed by atoms with Crippen molar-refractivity contribution in [3.05, 3.63) is 48.4 Å². The highest BCUT2D eigenvalue weighted by Gasteiger charge is 2.19. The van der Waals surface area contributed by atoms with E-state index in [1.54, 1.807) is 6.92 Å². The highest BCUT2D eigenvalue weighted by Crippen LogP contribution is 2.27. The molecule has 1 unspecified atom stereocenters. The van der Waals surface area contributed by atoms with Gasteiger partial charge in [0.25, 0.3) is 0 Å². The molecule has 0 spiro atoms. The number of hydrogen-bond acceptors (Lipinski definition) is 4. The molecule has 0 bridgehead atoms. The Hall–Kier alpha value is -2.49. The zero-order chi connectivity index (χ0) is 14.1. The van der Waals surface area contributed by atoms with Gasteiger partial charge in [-0.3, -0.25) is 4.79 Å². The summed E-state index contributed by atoms with van der Waals surface area (Å²) in [5.41, 5.74) is 0.911. The van der Waals surface area contributed by atoms with E-state index in [2.05, 4.69) is 10.1 Å². The first-order valence-corrected chi connectivity index (χ1v) is 6.49. The molecule has 3 aromatic rings. The molecule has 20 heavy (non-hydrogen) atoms. The van der Waals surface area contributed by atoms with Gasteiger partial charge in [-0.25, -0.2) is 0 Å². The highest BCUT2D eigenvalue weighted by molar-refractivity contribution is 5.95. The van der Waals surface area contributed by atoms with Crippen molar-refractivity contribution < 1.29 is 9.32 Å². The summed E-state index contributed by atoms with van der Waals surface area (Å²) >= 11 is 0. The van der Waals surface area contributed by atoms with Crippen molar-refractivity contribution in [1.29, 1.82) is 0 Å². The number of rotatable bonds is 3. The largest absolute Gasteiger partial charge is 0.338 e. The van der Waals surface area contributed by atoms with Crippen molar-refractivity contribution in [1.82, 2.24) is 10.1 Å². The summed E-state index contributed by atoms with van der Waals surface area (Å²) < 4.78 is 5.21. The van der Waals surface area contributed by atoms with Crippen LogP contribution in [-0.2, 0) is 4.79 Å². The molecule has 1 atom stereocenters. The molecule has 100 valence electrons. The minimum absolute atomic E-state index is 0.0121. The predicted molar refractivity (Wildman–Crippen MR) is 76.3 cm³/mol. The Balaban J connectivity index is 2.10. The molecule has 1 aromatic heterocycles. The van der Waals surface area contributed by atoms with Crippen LogP contribution >= 0.6 is 0 Å². The number of hydrogen-bond donors (Lipinski definition) is 0. The van der Waals surface area contributed by atoms with Crippen LogP contribution in [0.25, 0.3) is 22.2 Å². The Morgan fingerprint density at radius 3 is 2.70 bits per heavy atom. The second kappa shape index (κ2) is 4.89. The van der Waals surface area contributed by atoms with Crippen molar-refractivity contribution in [2.24, 2.45) is 0 Å². The lowest BCUT2D eigenvalue weighted by Crippen LogP contribution is -2.04. The Bertz CT molecular complexity index is 772. The second-order valence-electron chi connectivity index (χ2n) is 4.82. The number of aromatic nitrogens is 2. The fourth-order valence-electron chi connectivity index (χ4n) is 2.11. The van der Waals surface area contributed by atoms with Crippen molar-refractivity contribution in [2.45, 2.75) is 19.8 Å². The molecule has 0 saturated heterocycles. The van der Waals surface area contributed by atoms with Gasteiger partial charge < -0.3 is 4.52 Å². The maximum atomic E-state index is 11.4. The summed E-state index contributed by atoms with van der Waals surface area (Å²) in [6.07, 6.45) is 0. The van der Waals surface area contributed by atoms with E-state index in [0.29, 0.717) is 11.7 Å². The molecule has 0 N–H and O–H groups in total. The minimum atomic E-state index is -0.369. The van der Waals surface area contributed by atoms with Gasteiger partial charge >= 0.3 is 0 Å². The van der Waals surface area contributed by atoms with E-state index >= 15 is 0 Å². The maximum absolute atomic E-state index is 11.4. The third-order valence-electron chi connectivity index (χ3n) is 3.45.